The standard InChI is InChI=1S/C18H24N4O3/c1-3-13(2)21-17(23)9-10-19-18(24)20-12-15-11-16(22-25-15)14-7-5-4-6-8-14/h4-8,11,13H,3,9-10,12H2,1-2H3,(H,21,23)(H2,19,20,24)/t13-/m1/s1. The molecule has 1 aromatic heterocycles. The average Bonchev–Trinajstić information content (AvgIpc) is 3.09. The minimum atomic E-state index is -0.353. The first-order valence-corrected chi connectivity index (χ1v) is 8.40. The third-order valence-corrected chi connectivity index (χ3v) is 3.71. The molecule has 0 aliphatic heterocycles. The first-order chi connectivity index (χ1) is 12.1. The van der Waals surface area contributed by atoms with E-state index < -0.39 is 0 Å². The van der Waals surface area contributed by atoms with Gasteiger partial charge in [-0.05, 0) is 13.3 Å². The number of carbonyl (C=O) groups excluding carboxylic acids is 2. The SMILES string of the molecule is CC[C@@H](C)NC(=O)CCNC(=O)NCc1cc(-c2ccccc2)no1. The molecule has 0 aliphatic carbocycles. The maximum atomic E-state index is 11.7. The van der Waals surface area contributed by atoms with E-state index in [0.29, 0.717) is 5.76 Å². The zero-order valence-corrected chi connectivity index (χ0v) is 14.5. The Hall–Kier alpha value is -2.83. The number of urea groups is 1. The van der Waals surface area contributed by atoms with Crippen molar-refractivity contribution in [3.8, 4) is 11.3 Å². The Morgan fingerprint density at radius 1 is 1.20 bits per heavy atom. The molecule has 1 heterocycles. The van der Waals surface area contributed by atoms with Crippen LogP contribution in [0.3, 0.4) is 0 Å². The lowest BCUT2D eigenvalue weighted by molar-refractivity contribution is -0.121. The summed E-state index contributed by atoms with van der Waals surface area (Å²) in [6.45, 7) is 4.45. The van der Waals surface area contributed by atoms with E-state index >= 15 is 0 Å². The minimum absolute atomic E-state index is 0.0719. The van der Waals surface area contributed by atoms with Crippen LogP contribution in [0.2, 0.25) is 0 Å². The summed E-state index contributed by atoms with van der Waals surface area (Å²) in [7, 11) is 0. The maximum Gasteiger partial charge on any atom is 0.315 e. The van der Waals surface area contributed by atoms with E-state index in [0.717, 1.165) is 17.7 Å². The van der Waals surface area contributed by atoms with Gasteiger partial charge in [0.1, 0.15) is 5.69 Å². The summed E-state index contributed by atoms with van der Waals surface area (Å²) in [6, 6.07) is 11.2. The zero-order valence-electron chi connectivity index (χ0n) is 14.5. The van der Waals surface area contributed by atoms with Gasteiger partial charge in [0.15, 0.2) is 5.76 Å². The molecule has 7 nitrogen and oxygen atoms in total. The largest absolute Gasteiger partial charge is 0.359 e. The number of rotatable bonds is 8. The predicted octanol–water partition coefficient (Wildman–Crippen LogP) is 2.45. The summed E-state index contributed by atoms with van der Waals surface area (Å²) >= 11 is 0. The van der Waals surface area contributed by atoms with Gasteiger partial charge in [0.05, 0.1) is 6.54 Å². The van der Waals surface area contributed by atoms with Crippen molar-refractivity contribution in [1.29, 1.82) is 0 Å². The third kappa shape index (κ3) is 6.29. The molecule has 7 heteroatoms. The first-order valence-electron chi connectivity index (χ1n) is 8.40. The van der Waals surface area contributed by atoms with Crippen LogP contribution >= 0.6 is 0 Å². The summed E-state index contributed by atoms with van der Waals surface area (Å²) in [6.07, 6.45) is 1.13. The van der Waals surface area contributed by atoms with E-state index in [9.17, 15) is 9.59 Å². The van der Waals surface area contributed by atoms with E-state index in [1.165, 1.54) is 0 Å². The van der Waals surface area contributed by atoms with Gasteiger partial charge in [-0.2, -0.15) is 0 Å². The molecule has 2 rings (SSSR count). The molecule has 134 valence electrons. The molecular formula is C18H24N4O3. The lowest BCUT2D eigenvalue weighted by atomic mass is 10.1. The Morgan fingerprint density at radius 3 is 2.68 bits per heavy atom. The molecule has 1 atom stereocenters. The van der Waals surface area contributed by atoms with Crippen LogP contribution in [0.1, 0.15) is 32.4 Å². The van der Waals surface area contributed by atoms with Crippen molar-refractivity contribution in [2.45, 2.75) is 39.3 Å². The molecule has 0 saturated carbocycles. The van der Waals surface area contributed by atoms with Gasteiger partial charge in [0.25, 0.3) is 0 Å². The van der Waals surface area contributed by atoms with Crippen LogP contribution in [-0.2, 0) is 11.3 Å². The van der Waals surface area contributed by atoms with Crippen LogP contribution < -0.4 is 16.0 Å². The normalized spacial score (nSPS) is 11.6. The van der Waals surface area contributed by atoms with Gasteiger partial charge in [-0.25, -0.2) is 4.79 Å². The fourth-order valence-electron chi connectivity index (χ4n) is 2.11. The lowest BCUT2D eigenvalue weighted by Gasteiger charge is -2.11. The number of benzene rings is 1. The van der Waals surface area contributed by atoms with Gasteiger partial charge < -0.3 is 20.5 Å². The summed E-state index contributed by atoms with van der Waals surface area (Å²) in [5, 5.41) is 12.1. The second-order valence-corrected chi connectivity index (χ2v) is 5.78. The number of nitrogens with zero attached hydrogens (tertiary/aromatic N) is 1. The lowest BCUT2D eigenvalue weighted by Crippen LogP contribution is -2.38. The fourth-order valence-corrected chi connectivity index (χ4v) is 2.11. The molecule has 3 N–H and O–H groups in total. The van der Waals surface area contributed by atoms with E-state index in [1.807, 2.05) is 44.2 Å². The summed E-state index contributed by atoms with van der Waals surface area (Å²) in [5.74, 6) is 0.487. The fraction of sp³-hybridized carbons (Fsp3) is 0.389. The molecule has 1 aromatic carbocycles. The zero-order chi connectivity index (χ0) is 18.1. The highest BCUT2D eigenvalue weighted by Crippen LogP contribution is 2.18. The number of carbonyl (C=O) groups is 2. The highest BCUT2D eigenvalue weighted by Gasteiger charge is 2.09. The van der Waals surface area contributed by atoms with Crippen LogP contribution in [0.25, 0.3) is 11.3 Å². The Balaban J connectivity index is 1.69. The summed E-state index contributed by atoms with van der Waals surface area (Å²) in [4.78, 5) is 23.3. The molecule has 0 radical (unpaired) electrons. The van der Waals surface area contributed by atoms with Crippen LogP contribution in [0.5, 0.6) is 0 Å². The summed E-state index contributed by atoms with van der Waals surface area (Å²) < 4.78 is 5.21. The molecule has 0 bridgehead atoms. The molecule has 25 heavy (non-hydrogen) atoms. The Morgan fingerprint density at radius 2 is 1.96 bits per heavy atom. The van der Waals surface area contributed by atoms with E-state index in [2.05, 4.69) is 21.1 Å². The monoisotopic (exact) mass is 344 g/mol. The second kappa shape index (κ2) is 9.46. The molecule has 0 aliphatic rings. The van der Waals surface area contributed by atoms with Crippen LogP contribution in [-0.4, -0.2) is 29.7 Å². The van der Waals surface area contributed by atoms with Crippen molar-refractivity contribution >= 4 is 11.9 Å². The molecule has 3 amide bonds. The Labute approximate surface area is 147 Å². The van der Waals surface area contributed by atoms with Crippen molar-refractivity contribution in [3.63, 3.8) is 0 Å². The van der Waals surface area contributed by atoms with E-state index in [4.69, 9.17) is 4.52 Å². The smallest absolute Gasteiger partial charge is 0.315 e. The van der Waals surface area contributed by atoms with Crippen LogP contribution in [0.15, 0.2) is 40.9 Å². The van der Waals surface area contributed by atoms with Gasteiger partial charge in [0.2, 0.25) is 5.91 Å². The first kappa shape index (κ1) is 18.5. The van der Waals surface area contributed by atoms with Crippen molar-refractivity contribution in [2.75, 3.05) is 6.54 Å². The number of hydrogen-bond donors (Lipinski definition) is 3. The average molecular weight is 344 g/mol. The second-order valence-electron chi connectivity index (χ2n) is 5.78. The Bertz CT molecular complexity index is 685. The van der Waals surface area contributed by atoms with Gasteiger partial charge >= 0.3 is 6.03 Å². The molecule has 0 fully saturated rings. The predicted molar refractivity (Wildman–Crippen MR) is 94.7 cm³/mol. The van der Waals surface area contributed by atoms with Crippen molar-refractivity contribution in [1.82, 2.24) is 21.1 Å². The highest BCUT2D eigenvalue weighted by atomic mass is 16.5. The van der Waals surface area contributed by atoms with Crippen LogP contribution in [0, 0.1) is 0 Å². The Kier molecular flexibility index (Phi) is 7.00. The highest BCUT2D eigenvalue weighted by molar-refractivity contribution is 5.78. The molecule has 0 spiro atoms. The molecule has 0 saturated heterocycles. The van der Waals surface area contributed by atoms with Crippen LogP contribution in [0.4, 0.5) is 4.79 Å². The van der Waals surface area contributed by atoms with E-state index in [-0.39, 0.29) is 37.5 Å². The number of hydrogen-bond acceptors (Lipinski definition) is 4. The molecule has 0 unspecified atom stereocenters. The van der Waals surface area contributed by atoms with E-state index in [1.54, 1.807) is 6.07 Å². The van der Waals surface area contributed by atoms with Crippen molar-refractivity contribution in [3.05, 3.63) is 42.2 Å². The maximum absolute atomic E-state index is 11.7. The van der Waals surface area contributed by atoms with Gasteiger partial charge in [-0.15, -0.1) is 0 Å². The van der Waals surface area contributed by atoms with Gasteiger partial charge in [0, 0.05) is 30.6 Å². The number of nitrogens with one attached hydrogen (secondary N) is 3. The third-order valence-electron chi connectivity index (χ3n) is 3.71. The quantitative estimate of drug-likeness (QED) is 0.685. The minimum Gasteiger partial charge on any atom is -0.359 e. The van der Waals surface area contributed by atoms with Crippen molar-refractivity contribution in [2.24, 2.45) is 0 Å². The molecule has 2 aromatic rings. The van der Waals surface area contributed by atoms with Gasteiger partial charge in [-0.3, -0.25) is 4.79 Å². The van der Waals surface area contributed by atoms with Gasteiger partial charge in [-0.1, -0.05) is 42.4 Å². The van der Waals surface area contributed by atoms with Crippen molar-refractivity contribution < 1.29 is 14.1 Å². The summed E-state index contributed by atoms with van der Waals surface area (Å²) in [5.41, 5.74) is 1.67. The number of amides is 3. The molecular weight excluding hydrogens is 320 g/mol. The number of aromatic nitrogens is 1. The topological polar surface area (TPSA) is 96.3 Å².